The Hall–Kier alpha value is -2.31. The summed E-state index contributed by atoms with van der Waals surface area (Å²) in [6.07, 6.45) is 0. The predicted octanol–water partition coefficient (Wildman–Crippen LogP) is 3.41. The molecule has 2 aromatic carbocycles. The molecule has 3 aliphatic heterocycles. The van der Waals surface area contributed by atoms with Crippen molar-refractivity contribution in [1.82, 2.24) is 4.90 Å². The van der Waals surface area contributed by atoms with E-state index in [1.54, 1.807) is 43.1 Å². The molecule has 144 valence electrons. The Bertz CT molecular complexity index is 976. The molecule has 0 aliphatic carbocycles. The van der Waals surface area contributed by atoms with Crippen LogP contribution in [0.4, 0.5) is 5.69 Å². The molecule has 0 N–H and O–H groups in total. The van der Waals surface area contributed by atoms with E-state index in [1.807, 2.05) is 12.1 Å². The predicted molar refractivity (Wildman–Crippen MR) is 109 cm³/mol. The van der Waals surface area contributed by atoms with E-state index in [9.17, 15) is 9.59 Å². The van der Waals surface area contributed by atoms with Crippen LogP contribution in [-0.4, -0.2) is 36.6 Å². The first-order valence-corrected chi connectivity index (χ1v) is 10.5. The molecule has 2 bridgehead atoms. The number of hydrogen-bond donors (Lipinski definition) is 0. The van der Waals surface area contributed by atoms with Gasteiger partial charge in [-0.1, -0.05) is 31.2 Å². The standard InChI is InChI=1S/C22H22N2O3S/c1-4-28-22-16-8-6-5-7-15(16)19(23(22)2)17-18(22)21(26)24(20(17)25)13-9-11-14(27-3)12-10-13/h5-12,17-19H,4H2,1-3H3/t17-,18+,19+,22+/m0/s1. The molecule has 4 atom stereocenters. The zero-order chi connectivity index (χ0) is 19.6. The summed E-state index contributed by atoms with van der Waals surface area (Å²) in [6, 6.07) is 15.4. The van der Waals surface area contributed by atoms with Gasteiger partial charge in [0.1, 0.15) is 10.6 Å². The molecule has 28 heavy (non-hydrogen) atoms. The van der Waals surface area contributed by atoms with Gasteiger partial charge in [0.2, 0.25) is 11.8 Å². The summed E-state index contributed by atoms with van der Waals surface area (Å²) in [5.41, 5.74) is 2.99. The number of fused-ring (bicyclic) bond motifs is 8. The minimum absolute atomic E-state index is 0.0556. The number of carbonyl (C=O) groups is 2. The maximum absolute atomic E-state index is 13.6. The molecule has 2 amide bonds. The van der Waals surface area contributed by atoms with Gasteiger partial charge in [0, 0.05) is 6.04 Å². The average molecular weight is 394 g/mol. The fourth-order valence-electron chi connectivity index (χ4n) is 5.40. The van der Waals surface area contributed by atoms with Gasteiger partial charge in [-0.15, -0.1) is 11.8 Å². The number of hydrogen-bond acceptors (Lipinski definition) is 5. The van der Waals surface area contributed by atoms with Crippen LogP contribution in [0.15, 0.2) is 48.5 Å². The van der Waals surface area contributed by atoms with Gasteiger partial charge < -0.3 is 4.74 Å². The van der Waals surface area contributed by atoms with Crippen molar-refractivity contribution in [1.29, 1.82) is 0 Å². The van der Waals surface area contributed by atoms with Gasteiger partial charge in [-0.2, -0.15) is 0 Å². The van der Waals surface area contributed by atoms with Crippen molar-refractivity contribution in [3.63, 3.8) is 0 Å². The number of thioether (sulfide) groups is 1. The van der Waals surface area contributed by atoms with Crippen molar-refractivity contribution in [3.05, 3.63) is 59.7 Å². The van der Waals surface area contributed by atoms with E-state index in [-0.39, 0.29) is 29.7 Å². The molecule has 5 rings (SSSR count). The third-order valence-corrected chi connectivity index (χ3v) is 7.91. The maximum Gasteiger partial charge on any atom is 0.240 e. The van der Waals surface area contributed by atoms with Crippen LogP contribution in [-0.2, 0) is 14.5 Å². The third-order valence-electron chi connectivity index (χ3n) is 6.41. The van der Waals surface area contributed by atoms with E-state index in [0.717, 1.165) is 5.75 Å². The number of imide groups is 1. The van der Waals surface area contributed by atoms with Crippen molar-refractivity contribution < 1.29 is 14.3 Å². The lowest BCUT2D eigenvalue weighted by atomic mass is 9.77. The van der Waals surface area contributed by atoms with Crippen molar-refractivity contribution in [2.24, 2.45) is 11.8 Å². The van der Waals surface area contributed by atoms with Gasteiger partial charge >= 0.3 is 0 Å². The highest BCUT2D eigenvalue weighted by atomic mass is 32.2. The molecule has 0 aromatic heterocycles. The summed E-state index contributed by atoms with van der Waals surface area (Å²) >= 11 is 1.77. The third kappa shape index (κ3) is 1.97. The number of amides is 2. The second-order valence-corrected chi connectivity index (χ2v) is 8.97. The Morgan fingerprint density at radius 2 is 1.79 bits per heavy atom. The highest BCUT2D eigenvalue weighted by Crippen LogP contribution is 2.68. The highest BCUT2D eigenvalue weighted by molar-refractivity contribution is 8.00. The lowest BCUT2D eigenvalue weighted by Crippen LogP contribution is -2.43. The van der Waals surface area contributed by atoms with Crippen LogP contribution in [0.25, 0.3) is 0 Å². The largest absolute Gasteiger partial charge is 0.497 e. The molecule has 0 radical (unpaired) electrons. The minimum Gasteiger partial charge on any atom is -0.497 e. The summed E-state index contributed by atoms with van der Waals surface area (Å²) in [6.45, 7) is 2.11. The molecule has 2 fully saturated rings. The van der Waals surface area contributed by atoms with Gasteiger partial charge in [0.05, 0.1) is 24.6 Å². The van der Waals surface area contributed by atoms with Gasteiger partial charge in [-0.3, -0.25) is 14.5 Å². The number of methoxy groups -OCH3 is 1. The van der Waals surface area contributed by atoms with E-state index < -0.39 is 4.87 Å². The van der Waals surface area contributed by atoms with Crippen LogP contribution in [0.2, 0.25) is 0 Å². The van der Waals surface area contributed by atoms with Crippen molar-refractivity contribution in [2.45, 2.75) is 17.8 Å². The normalized spacial score (nSPS) is 30.7. The smallest absolute Gasteiger partial charge is 0.240 e. The molecular weight excluding hydrogens is 372 g/mol. The first-order valence-electron chi connectivity index (χ1n) is 9.54. The number of rotatable bonds is 4. The van der Waals surface area contributed by atoms with Crippen molar-refractivity contribution >= 4 is 29.3 Å². The van der Waals surface area contributed by atoms with Gasteiger partial charge in [-0.25, -0.2) is 4.90 Å². The highest BCUT2D eigenvalue weighted by Gasteiger charge is 2.73. The Morgan fingerprint density at radius 1 is 1.07 bits per heavy atom. The lowest BCUT2D eigenvalue weighted by Gasteiger charge is -2.37. The number of nitrogens with zero attached hydrogens (tertiary/aromatic N) is 2. The maximum atomic E-state index is 13.6. The van der Waals surface area contributed by atoms with Crippen LogP contribution < -0.4 is 9.64 Å². The first-order chi connectivity index (χ1) is 13.6. The molecule has 3 aliphatic rings. The Labute approximate surface area is 168 Å². The molecule has 5 nitrogen and oxygen atoms in total. The zero-order valence-electron chi connectivity index (χ0n) is 16.1. The summed E-state index contributed by atoms with van der Waals surface area (Å²) in [4.78, 5) is 30.3. The van der Waals surface area contributed by atoms with E-state index in [1.165, 1.54) is 16.0 Å². The fraction of sp³-hybridized carbons (Fsp3) is 0.364. The van der Waals surface area contributed by atoms with E-state index in [4.69, 9.17) is 4.74 Å². The molecule has 2 saturated heterocycles. The number of carbonyl (C=O) groups excluding carboxylic acids is 2. The summed E-state index contributed by atoms with van der Waals surface area (Å²) < 4.78 is 5.21. The van der Waals surface area contributed by atoms with Gasteiger partial charge in [0.15, 0.2) is 0 Å². The molecular formula is C22H22N2O3S. The lowest BCUT2D eigenvalue weighted by molar-refractivity contribution is -0.124. The number of anilines is 1. The van der Waals surface area contributed by atoms with Crippen LogP contribution in [0.5, 0.6) is 5.75 Å². The van der Waals surface area contributed by atoms with Gasteiger partial charge in [-0.05, 0) is 48.2 Å². The topological polar surface area (TPSA) is 49.9 Å². The Kier molecular flexibility index (Phi) is 3.87. The molecule has 0 spiro atoms. The summed E-state index contributed by atoms with van der Waals surface area (Å²) in [5.74, 6) is 0.687. The molecule has 2 aromatic rings. The van der Waals surface area contributed by atoms with E-state index in [0.29, 0.717) is 11.4 Å². The second kappa shape index (κ2) is 6.09. The minimum atomic E-state index is -0.478. The summed E-state index contributed by atoms with van der Waals surface area (Å²) in [7, 11) is 3.66. The SMILES string of the molecule is CCS[C@]12c3ccccc3[C@H]([C@H]3C(=O)N(c4ccc(OC)cc4)C(=O)[C@@H]31)N2C. The van der Waals surface area contributed by atoms with Gasteiger partial charge in [0.25, 0.3) is 0 Å². The molecule has 6 heteroatoms. The van der Waals surface area contributed by atoms with Crippen LogP contribution in [0, 0.1) is 11.8 Å². The first kappa shape index (κ1) is 17.8. The quantitative estimate of drug-likeness (QED) is 0.744. The number of ether oxygens (including phenoxy) is 1. The van der Waals surface area contributed by atoms with E-state index >= 15 is 0 Å². The zero-order valence-corrected chi connectivity index (χ0v) is 16.9. The Balaban J connectivity index is 1.64. The van der Waals surface area contributed by atoms with Crippen molar-refractivity contribution in [2.75, 3.05) is 24.8 Å². The van der Waals surface area contributed by atoms with Crippen molar-refractivity contribution in [3.8, 4) is 5.75 Å². The monoisotopic (exact) mass is 394 g/mol. The molecule has 0 unspecified atom stereocenters. The molecule has 0 saturated carbocycles. The number of benzene rings is 2. The van der Waals surface area contributed by atoms with Crippen LogP contribution in [0.3, 0.4) is 0 Å². The Morgan fingerprint density at radius 3 is 2.46 bits per heavy atom. The van der Waals surface area contributed by atoms with E-state index in [2.05, 4.69) is 31.0 Å². The molecule has 3 heterocycles. The second-order valence-electron chi connectivity index (χ2n) is 7.49. The van der Waals surface area contributed by atoms with Crippen LogP contribution >= 0.6 is 11.8 Å². The van der Waals surface area contributed by atoms with Crippen LogP contribution in [0.1, 0.15) is 24.1 Å². The fourth-order valence-corrected chi connectivity index (χ4v) is 6.93. The summed E-state index contributed by atoms with van der Waals surface area (Å²) in [5, 5.41) is 0. The average Bonchev–Trinajstić information content (AvgIpc) is 3.23.